The Morgan fingerprint density at radius 3 is 2.57 bits per heavy atom. The maximum absolute atomic E-state index is 13.0. The van der Waals surface area contributed by atoms with Crippen molar-refractivity contribution in [1.82, 2.24) is 14.9 Å². The van der Waals surface area contributed by atoms with Crippen LogP contribution in [0.4, 0.5) is 4.39 Å². The summed E-state index contributed by atoms with van der Waals surface area (Å²) in [6, 6.07) is 8.03. The van der Waals surface area contributed by atoms with Crippen LogP contribution in [-0.2, 0) is 0 Å². The van der Waals surface area contributed by atoms with Crippen molar-refractivity contribution in [3.8, 4) is 17.3 Å². The molecule has 0 N–H and O–H groups in total. The zero-order valence-corrected chi connectivity index (χ0v) is 13.5. The van der Waals surface area contributed by atoms with E-state index < -0.39 is 0 Å². The summed E-state index contributed by atoms with van der Waals surface area (Å²) >= 11 is 0. The lowest BCUT2D eigenvalue weighted by molar-refractivity contribution is 0.180. The Kier molecular flexibility index (Phi) is 5.18. The number of aryl methyl sites for hydroxylation is 1. The van der Waals surface area contributed by atoms with Gasteiger partial charge in [-0.05, 0) is 57.1 Å². The maximum Gasteiger partial charge on any atom is 0.217 e. The van der Waals surface area contributed by atoms with Gasteiger partial charge in [-0.15, -0.1) is 0 Å². The Labute approximate surface area is 136 Å². The molecule has 4 nitrogen and oxygen atoms in total. The summed E-state index contributed by atoms with van der Waals surface area (Å²) < 4.78 is 18.8. The highest BCUT2D eigenvalue weighted by Crippen LogP contribution is 2.19. The number of halogens is 1. The fraction of sp³-hybridized carbons (Fsp3) is 0.444. The van der Waals surface area contributed by atoms with Gasteiger partial charge in [0.2, 0.25) is 5.88 Å². The second-order valence-corrected chi connectivity index (χ2v) is 5.93. The third-order valence-corrected chi connectivity index (χ3v) is 4.04. The van der Waals surface area contributed by atoms with Gasteiger partial charge in [0, 0.05) is 23.9 Å². The summed E-state index contributed by atoms with van der Waals surface area (Å²) in [6.07, 6.45) is 3.89. The number of benzene rings is 1. The molecule has 0 bridgehead atoms. The van der Waals surface area contributed by atoms with Crippen molar-refractivity contribution < 1.29 is 9.13 Å². The van der Waals surface area contributed by atoms with Gasteiger partial charge in [-0.2, -0.15) is 4.98 Å². The molecule has 0 amide bonds. The van der Waals surface area contributed by atoms with Crippen molar-refractivity contribution in [2.45, 2.75) is 26.2 Å². The lowest BCUT2D eigenvalue weighted by Gasteiger charge is -2.26. The molecule has 0 radical (unpaired) electrons. The van der Waals surface area contributed by atoms with Crippen LogP contribution in [0.15, 0.2) is 30.3 Å². The fourth-order valence-electron chi connectivity index (χ4n) is 2.80. The van der Waals surface area contributed by atoms with Gasteiger partial charge in [0.05, 0.1) is 0 Å². The number of piperidine rings is 1. The van der Waals surface area contributed by atoms with Crippen molar-refractivity contribution in [2.24, 2.45) is 0 Å². The van der Waals surface area contributed by atoms with E-state index in [4.69, 9.17) is 4.74 Å². The number of hydrogen-bond donors (Lipinski definition) is 0. The Morgan fingerprint density at radius 2 is 1.83 bits per heavy atom. The molecule has 0 unspecified atom stereocenters. The molecule has 1 aromatic heterocycles. The summed E-state index contributed by atoms with van der Waals surface area (Å²) in [5.41, 5.74) is 1.63. The smallest absolute Gasteiger partial charge is 0.217 e. The van der Waals surface area contributed by atoms with Gasteiger partial charge in [-0.1, -0.05) is 6.42 Å². The van der Waals surface area contributed by atoms with E-state index in [1.165, 1.54) is 31.4 Å². The van der Waals surface area contributed by atoms with E-state index in [1.54, 1.807) is 12.1 Å². The molecule has 1 aliphatic heterocycles. The minimum Gasteiger partial charge on any atom is -0.476 e. The van der Waals surface area contributed by atoms with Gasteiger partial charge in [0.1, 0.15) is 12.4 Å². The van der Waals surface area contributed by atoms with Crippen molar-refractivity contribution in [3.05, 3.63) is 41.8 Å². The first kappa shape index (κ1) is 15.9. The van der Waals surface area contributed by atoms with Crippen LogP contribution in [0.2, 0.25) is 0 Å². The van der Waals surface area contributed by atoms with Crippen LogP contribution in [0, 0.1) is 12.7 Å². The Morgan fingerprint density at radius 1 is 1.09 bits per heavy atom. The first-order chi connectivity index (χ1) is 11.2. The predicted molar refractivity (Wildman–Crippen MR) is 87.9 cm³/mol. The largest absolute Gasteiger partial charge is 0.476 e. The highest BCUT2D eigenvalue weighted by Gasteiger charge is 2.10. The average molecular weight is 315 g/mol. The Bertz CT molecular complexity index is 639. The zero-order chi connectivity index (χ0) is 16.1. The van der Waals surface area contributed by atoms with Gasteiger partial charge in [-0.25, -0.2) is 9.37 Å². The molecule has 23 heavy (non-hydrogen) atoms. The van der Waals surface area contributed by atoms with E-state index in [-0.39, 0.29) is 5.82 Å². The molecule has 3 rings (SSSR count). The van der Waals surface area contributed by atoms with Crippen LogP contribution in [0.3, 0.4) is 0 Å². The van der Waals surface area contributed by atoms with Gasteiger partial charge in [0.25, 0.3) is 0 Å². The molecule has 0 aliphatic carbocycles. The van der Waals surface area contributed by atoms with E-state index in [2.05, 4.69) is 14.9 Å². The van der Waals surface area contributed by atoms with E-state index in [1.807, 2.05) is 13.0 Å². The monoisotopic (exact) mass is 315 g/mol. The minimum absolute atomic E-state index is 0.264. The summed E-state index contributed by atoms with van der Waals surface area (Å²) in [4.78, 5) is 11.3. The zero-order valence-electron chi connectivity index (χ0n) is 13.5. The van der Waals surface area contributed by atoms with Gasteiger partial charge in [-0.3, -0.25) is 4.90 Å². The topological polar surface area (TPSA) is 38.2 Å². The van der Waals surface area contributed by atoms with E-state index in [0.29, 0.717) is 18.3 Å². The summed E-state index contributed by atoms with van der Waals surface area (Å²) in [6.45, 7) is 5.78. The molecule has 1 aromatic carbocycles. The lowest BCUT2D eigenvalue weighted by atomic mass is 10.1. The molecular weight excluding hydrogens is 293 g/mol. The van der Waals surface area contributed by atoms with Crippen molar-refractivity contribution >= 4 is 0 Å². The van der Waals surface area contributed by atoms with E-state index in [9.17, 15) is 4.39 Å². The SMILES string of the molecule is Cc1cc(OCCN2CCCCC2)nc(-c2ccc(F)cc2)n1. The number of hydrogen-bond acceptors (Lipinski definition) is 4. The molecule has 1 saturated heterocycles. The molecule has 0 saturated carbocycles. The van der Waals surface area contributed by atoms with Gasteiger partial charge < -0.3 is 4.74 Å². The van der Waals surface area contributed by atoms with Crippen LogP contribution in [0.25, 0.3) is 11.4 Å². The van der Waals surface area contributed by atoms with E-state index in [0.717, 1.165) is 30.9 Å². The molecule has 1 fully saturated rings. The Hall–Kier alpha value is -2.01. The fourth-order valence-corrected chi connectivity index (χ4v) is 2.80. The molecule has 2 aromatic rings. The highest BCUT2D eigenvalue weighted by molar-refractivity contribution is 5.55. The van der Waals surface area contributed by atoms with Crippen molar-refractivity contribution in [2.75, 3.05) is 26.2 Å². The van der Waals surface area contributed by atoms with Crippen molar-refractivity contribution in [3.63, 3.8) is 0 Å². The number of aromatic nitrogens is 2. The number of rotatable bonds is 5. The molecule has 0 atom stereocenters. The third-order valence-electron chi connectivity index (χ3n) is 4.04. The summed E-state index contributed by atoms with van der Waals surface area (Å²) in [5.74, 6) is 0.881. The first-order valence-electron chi connectivity index (χ1n) is 8.17. The standard InChI is InChI=1S/C18H22FN3O/c1-14-13-17(23-12-11-22-9-3-2-4-10-22)21-18(20-14)15-5-7-16(19)8-6-15/h5-8,13H,2-4,9-12H2,1H3. The molecule has 5 heteroatoms. The normalized spacial score (nSPS) is 15.6. The highest BCUT2D eigenvalue weighted by atomic mass is 19.1. The van der Waals surface area contributed by atoms with Gasteiger partial charge >= 0.3 is 0 Å². The lowest BCUT2D eigenvalue weighted by Crippen LogP contribution is -2.33. The maximum atomic E-state index is 13.0. The number of likely N-dealkylation sites (tertiary alicyclic amines) is 1. The van der Waals surface area contributed by atoms with E-state index >= 15 is 0 Å². The third kappa shape index (κ3) is 4.48. The average Bonchev–Trinajstić information content (AvgIpc) is 2.56. The molecule has 122 valence electrons. The van der Waals surface area contributed by atoms with Crippen LogP contribution >= 0.6 is 0 Å². The minimum atomic E-state index is -0.264. The number of ether oxygens (including phenoxy) is 1. The second-order valence-electron chi connectivity index (χ2n) is 5.93. The molecule has 0 spiro atoms. The quantitative estimate of drug-likeness (QED) is 0.847. The molecule has 1 aliphatic rings. The first-order valence-corrected chi connectivity index (χ1v) is 8.17. The predicted octanol–water partition coefficient (Wildman–Crippen LogP) is 3.46. The summed E-state index contributed by atoms with van der Waals surface area (Å²) in [7, 11) is 0. The Balaban J connectivity index is 1.64. The van der Waals surface area contributed by atoms with Crippen LogP contribution < -0.4 is 4.74 Å². The second kappa shape index (κ2) is 7.51. The number of nitrogens with zero attached hydrogens (tertiary/aromatic N) is 3. The molecular formula is C18H22FN3O. The van der Waals surface area contributed by atoms with Crippen LogP contribution in [0.1, 0.15) is 25.0 Å². The van der Waals surface area contributed by atoms with Crippen LogP contribution in [-0.4, -0.2) is 41.1 Å². The van der Waals surface area contributed by atoms with Crippen LogP contribution in [0.5, 0.6) is 5.88 Å². The summed E-state index contributed by atoms with van der Waals surface area (Å²) in [5, 5.41) is 0. The van der Waals surface area contributed by atoms with Crippen molar-refractivity contribution in [1.29, 1.82) is 0 Å². The molecule has 2 heterocycles. The van der Waals surface area contributed by atoms with Gasteiger partial charge in [0.15, 0.2) is 5.82 Å².